The number of thioether (sulfide) groups is 1. The van der Waals surface area contributed by atoms with E-state index in [4.69, 9.17) is 4.74 Å². The van der Waals surface area contributed by atoms with E-state index in [0.29, 0.717) is 23.7 Å². The molecule has 0 unspecified atom stereocenters. The van der Waals surface area contributed by atoms with E-state index in [9.17, 15) is 14.4 Å². The number of amides is 3. The first-order chi connectivity index (χ1) is 11.9. The van der Waals surface area contributed by atoms with Crippen LogP contribution in [0.2, 0.25) is 0 Å². The molecule has 1 fully saturated rings. The molecule has 1 aliphatic rings. The molecular weight excluding hydrogens is 342 g/mol. The third-order valence-electron chi connectivity index (χ3n) is 3.45. The Labute approximate surface area is 151 Å². The van der Waals surface area contributed by atoms with Gasteiger partial charge in [0, 0.05) is 13.1 Å². The van der Waals surface area contributed by atoms with Crippen molar-refractivity contribution < 1.29 is 19.1 Å². The lowest BCUT2D eigenvalue weighted by Gasteiger charge is -2.14. The van der Waals surface area contributed by atoms with Gasteiger partial charge in [-0.2, -0.15) is 0 Å². The molecule has 1 saturated heterocycles. The van der Waals surface area contributed by atoms with Crippen LogP contribution >= 0.6 is 11.8 Å². The third kappa shape index (κ3) is 5.33. The molecule has 0 radical (unpaired) electrons. The summed E-state index contributed by atoms with van der Waals surface area (Å²) in [6.45, 7) is 0.874. The minimum Gasteiger partial charge on any atom is -0.497 e. The van der Waals surface area contributed by atoms with Gasteiger partial charge >= 0.3 is 0 Å². The van der Waals surface area contributed by atoms with Gasteiger partial charge in [0.25, 0.3) is 11.1 Å². The summed E-state index contributed by atoms with van der Waals surface area (Å²) in [5.74, 6) is -0.152. The van der Waals surface area contributed by atoms with E-state index in [-0.39, 0.29) is 12.5 Å². The average Bonchev–Trinajstić information content (AvgIpc) is 2.82. The molecule has 0 bridgehead atoms. The van der Waals surface area contributed by atoms with Crippen molar-refractivity contribution in [3.05, 3.63) is 34.7 Å². The number of nitrogens with one attached hydrogen (secondary N) is 1. The van der Waals surface area contributed by atoms with Crippen molar-refractivity contribution >= 4 is 34.9 Å². The minimum atomic E-state index is -0.458. The van der Waals surface area contributed by atoms with Gasteiger partial charge in [-0.1, -0.05) is 12.1 Å². The van der Waals surface area contributed by atoms with E-state index in [1.165, 1.54) is 0 Å². The summed E-state index contributed by atoms with van der Waals surface area (Å²) >= 11 is 0.830. The predicted octanol–water partition coefficient (Wildman–Crippen LogP) is 1.41. The molecule has 7 nitrogen and oxygen atoms in total. The van der Waals surface area contributed by atoms with Crippen LogP contribution in [0.5, 0.6) is 5.75 Å². The van der Waals surface area contributed by atoms with Crippen LogP contribution in [0.3, 0.4) is 0 Å². The highest BCUT2D eigenvalue weighted by molar-refractivity contribution is 8.18. The number of hydrogen-bond acceptors (Lipinski definition) is 6. The van der Waals surface area contributed by atoms with Gasteiger partial charge < -0.3 is 15.0 Å². The Kier molecular flexibility index (Phi) is 6.60. The normalized spacial score (nSPS) is 16.0. The standard InChI is InChI=1S/C17H21N3O4S/c1-19(2)8-7-18-15(21)11-20-16(22)14(25-17(20)23)10-12-5-4-6-13(9-12)24-3/h4-6,9-10H,7-8,11H2,1-3H3,(H,18,21). The number of likely N-dealkylation sites (N-methyl/N-ethyl adjacent to an activating group) is 1. The van der Waals surface area contributed by atoms with E-state index in [2.05, 4.69) is 5.32 Å². The lowest BCUT2D eigenvalue weighted by molar-refractivity contribution is -0.129. The van der Waals surface area contributed by atoms with Gasteiger partial charge in [0.05, 0.1) is 12.0 Å². The second-order valence-electron chi connectivity index (χ2n) is 5.70. The first-order valence-corrected chi connectivity index (χ1v) is 8.53. The molecule has 0 atom stereocenters. The van der Waals surface area contributed by atoms with Crippen LogP contribution in [-0.2, 0) is 9.59 Å². The van der Waals surface area contributed by atoms with E-state index >= 15 is 0 Å². The Hall–Kier alpha value is -2.32. The summed E-state index contributed by atoms with van der Waals surface area (Å²) < 4.78 is 5.14. The Morgan fingerprint density at radius 2 is 2.12 bits per heavy atom. The number of carbonyl (C=O) groups excluding carboxylic acids is 3. The summed E-state index contributed by atoms with van der Waals surface area (Å²) in [4.78, 5) is 39.5. The summed E-state index contributed by atoms with van der Waals surface area (Å²) in [5.41, 5.74) is 0.750. The van der Waals surface area contributed by atoms with Crippen molar-refractivity contribution in [2.75, 3.05) is 40.8 Å². The van der Waals surface area contributed by atoms with Gasteiger partial charge in [-0.25, -0.2) is 0 Å². The van der Waals surface area contributed by atoms with E-state index < -0.39 is 11.1 Å². The van der Waals surface area contributed by atoms with Crippen LogP contribution in [0.4, 0.5) is 4.79 Å². The van der Waals surface area contributed by atoms with Crippen LogP contribution in [0.15, 0.2) is 29.2 Å². The zero-order valence-electron chi connectivity index (χ0n) is 14.4. The van der Waals surface area contributed by atoms with E-state index in [0.717, 1.165) is 22.2 Å². The van der Waals surface area contributed by atoms with Gasteiger partial charge in [-0.3, -0.25) is 19.3 Å². The van der Waals surface area contributed by atoms with Crippen molar-refractivity contribution in [1.29, 1.82) is 0 Å². The number of nitrogens with zero attached hydrogens (tertiary/aromatic N) is 2. The lowest BCUT2D eigenvalue weighted by Crippen LogP contribution is -2.41. The van der Waals surface area contributed by atoms with Crippen LogP contribution in [0, 0.1) is 0 Å². The molecule has 134 valence electrons. The number of methoxy groups -OCH3 is 1. The average molecular weight is 363 g/mol. The van der Waals surface area contributed by atoms with Crippen LogP contribution in [0.1, 0.15) is 5.56 Å². The largest absolute Gasteiger partial charge is 0.497 e. The molecule has 0 aromatic heterocycles. The predicted molar refractivity (Wildman–Crippen MR) is 97.2 cm³/mol. The smallest absolute Gasteiger partial charge is 0.294 e. The fourth-order valence-electron chi connectivity index (χ4n) is 2.14. The molecular formula is C17H21N3O4S. The summed E-state index contributed by atoms with van der Waals surface area (Å²) in [5, 5.41) is 2.25. The Bertz CT molecular complexity index is 703. The van der Waals surface area contributed by atoms with Gasteiger partial charge in [-0.05, 0) is 49.6 Å². The molecule has 1 aromatic carbocycles. The first kappa shape index (κ1) is 19.0. The molecule has 25 heavy (non-hydrogen) atoms. The molecule has 8 heteroatoms. The van der Waals surface area contributed by atoms with Crippen LogP contribution in [0.25, 0.3) is 6.08 Å². The minimum absolute atomic E-state index is 0.270. The zero-order valence-corrected chi connectivity index (χ0v) is 15.3. The van der Waals surface area contributed by atoms with Gasteiger partial charge in [0.2, 0.25) is 5.91 Å². The second-order valence-corrected chi connectivity index (χ2v) is 6.69. The molecule has 0 spiro atoms. The Morgan fingerprint density at radius 3 is 2.80 bits per heavy atom. The molecule has 3 amide bonds. The van der Waals surface area contributed by atoms with E-state index in [1.54, 1.807) is 31.4 Å². The highest BCUT2D eigenvalue weighted by atomic mass is 32.2. The summed E-state index contributed by atoms with van der Waals surface area (Å²) in [7, 11) is 5.35. The second kappa shape index (κ2) is 8.68. The molecule has 1 N–H and O–H groups in total. The number of rotatable bonds is 7. The molecule has 2 rings (SSSR count). The van der Waals surface area contributed by atoms with Crippen molar-refractivity contribution in [3.63, 3.8) is 0 Å². The van der Waals surface area contributed by atoms with Crippen molar-refractivity contribution in [2.24, 2.45) is 0 Å². The number of imide groups is 1. The Morgan fingerprint density at radius 1 is 1.36 bits per heavy atom. The first-order valence-electron chi connectivity index (χ1n) is 7.71. The molecule has 0 saturated carbocycles. The van der Waals surface area contributed by atoms with Crippen LogP contribution < -0.4 is 10.1 Å². The number of ether oxygens (including phenoxy) is 1. The molecule has 0 aliphatic carbocycles. The van der Waals surface area contributed by atoms with Crippen molar-refractivity contribution in [2.45, 2.75) is 0 Å². The Balaban J connectivity index is 2.01. The maximum atomic E-state index is 12.4. The van der Waals surface area contributed by atoms with Gasteiger partial charge in [0.1, 0.15) is 12.3 Å². The van der Waals surface area contributed by atoms with Crippen molar-refractivity contribution in [3.8, 4) is 5.75 Å². The van der Waals surface area contributed by atoms with Gasteiger partial charge in [-0.15, -0.1) is 0 Å². The maximum absolute atomic E-state index is 12.4. The monoisotopic (exact) mass is 363 g/mol. The molecule has 1 aliphatic heterocycles. The topological polar surface area (TPSA) is 79.0 Å². The van der Waals surface area contributed by atoms with E-state index in [1.807, 2.05) is 25.1 Å². The van der Waals surface area contributed by atoms with Crippen LogP contribution in [-0.4, -0.2) is 67.7 Å². The quantitative estimate of drug-likeness (QED) is 0.738. The molecule has 1 aromatic rings. The number of hydrogen-bond donors (Lipinski definition) is 1. The summed E-state index contributed by atoms with van der Waals surface area (Å²) in [6, 6.07) is 7.17. The van der Waals surface area contributed by atoms with Gasteiger partial charge in [0.15, 0.2) is 0 Å². The number of benzene rings is 1. The maximum Gasteiger partial charge on any atom is 0.294 e. The fourth-order valence-corrected chi connectivity index (χ4v) is 2.98. The number of carbonyl (C=O) groups is 3. The van der Waals surface area contributed by atoms with Crippen molar-refractivity contribution in [1.82, 2.24) is 15.1 Å². The molecule has 1 heterocycles. The zero-order chi connectivity index (χ0) is 18.4. The fraction of sp³-hybridized carbons (Fsp3) is 0.353. The third-order valence-corrected chi connectivity index (χ3v) is 4.36. The lowest BCUT2D eigenvalue weighted by atomic mass is 10.2. The SMILES string of the molecule is COc1cccc(C=C2SC(=O)N(CC(=O)NCCN(C)C)C2=O)c1. The highest BCUT2D eigenvalue weighted by Crippen LogP contribution is 2.32. The highest BCUT2D eigenvalue weighted by Gasteiger charge is 2.36. The summed E-state index contributed by atoms with van der Waals surface area (Å²) in [6.07, 6.45) is 1.62.